The topological polar surface area (TPSA) is 66.6 Å². The smallest absolute Gasteiger partial charge is 0.338 e. The summed E-state index contributed by atoms with van der Waals surface area (Å²) in [5.74, 6) is -0.906. The second-order valence-electron chi connectivity index (χ2n) is 4.99. The van der Waals surface area contributed by atoms with E-state index in [9.17, 15) is 9.90 Å². The maximum atomic E-state index is 11.2. The first kappa shape index (κ1) is 13.1. The average Bonchev–Trinajstić information content (AvgIpc) is 2.75. The number of anilines is 1. The molecule has 0 saturated carbocycles. The van der Waals surface area contributed by atoms with E-state index in [0.717, 1.165) is 36.5 Å². The largest absolute Gasteiger partial charge is 0.478 e. The number of benzene rings is 1. The van der Waals surface area contributed by atoms with Gasteiger partial charge in [0.2, 0.25) is 0 Å². The summed E-state index contributed by atoms with van der Waals surface area (Å²) in [5, 5.41) is 9.66. The lowest BCUT2D eigenvalue weighted by Gasteiger charge is -2.26. The fraction of sp³-hybridized carbons (Fsp3) is 0.267. The number of nitrogens with zero attached hydrogens (tertiary/aromatic N) is 1. The highest BCUT2D eigenvalue weighted by Gasteiger charge is 2.26. The van der Waals surface area contributed by atoms with Crippen molar-refractivity contribution in [2.45, 2.75) is 19.5 Å². The molecule has 1 aliphatic rings. The fourth-order valence-electron chi connectivity index (χ4n) is 2.69. The van der Waals surface area contributed by atoms with Crippen LogP contribution in [0.15, 0.2) is 30.3 Å². The number of rotatable bonds is 3. The number of aromatic carboxylic acids is 1. The van der Waals surface area contributed by atoms with E-state index in [4.69, 9.17) is 5.73 Å². The van der Waals surface area contributed by atoms with Gasteiger partial charge in [-0.1, -0.05) is 30.3 Å². The van der Waals surface area contributed by atoms with E-state index in [1.54, 1.807) is 0 Å². The molecule has 104 valence electrons. The second-order valence-corrected chi connectivity index (χ2v) is 6.13. The van der Waals surface area contributed by atoms with Crippen LogP contribution in [-0.4, -0.2) is 22.5 Å². The molecule has 0 bridgehead atoms. The lowest BCUT2D eigenvalue weighted by Crippen LogP contribution is -2.29. The minimum absolute atomic E-state index is 0.323. The summed E-state index contributed by atoms with van der Waals surface area (Å²) in [7, 11) is 0. The summed E-state index contributed by atoms with van der Waals surface area (Å²) in [6.45, 7) is 2.55. The predicted octanol–water partition coefficient (Wildman–Crippen LogP) is 2.59. The Balaban J connectivity index is 1.79. The van der Waals surface area contributed by atoms with Crippen molar-refractivity contribution in [1.82, 2.24) is 4.90 Å². The van der Waals surface area contributed by atoms with Crippen molar-refractivity contribution in [3.8, 4) is 0 Å². The summed E-state index contributed by atoms with van der Waals surface area (Å²) in [4.78, 5) is 14.7. The van der Waals surface area contributed by atoms with Crippen LogP contribution in [0, 0.1) is 0 Å². The van der Waals surface area contributed by atoms with E-state index in [-0.39, 0.29) is 0 Å². The third kappa shape index (κ3) is 2.42. The zero-order chi connectivity index (χ0) is 14.1. The Bertz CT molecular complexity index is 637. The summed E-state index contributed by atoms with van der Waals surface area (Å²) >= 11 is 1.41. The number of nitrogens with two attached hydrogens (primary N) is 1. The first-order chi connectivity index (χ1) is 9.65. The number of hydrogen-bond acceptors (Lipinski definition) is 4. The third-order valence-corrected chi connectivity index (χ3v) is 4.67. The Morgan fingerprint density at radius 1 is 1.35 bits per heavy atom. The minimum Gasteiger partial charge on any atom is -0.478 e. The number of nitrogen functional groups attached to an aromatic ring is 1. The normalized spacial score (nSPS) is 15.0. The van der Waals surface area contributed by atoms with Gasteiger partial charge in [-0.2, -0.15) is 0 Å². The van der Waals surface area contributed by atoms with Gasteiger partial charge in [0.1, 0.15) is 5.00 Å². The molecule has 0 saturated heterocycles. The summed E-state index contributed by atoms with van der Waals surface area (Å²) in [6, 6.07) is 10.3. The molecule has 2 heterocycles. The molecule has 0 spiro atoms. The molecule has 3 rings (SSSR count). The van der Waals surface area contributed by atoms with Gasteiger partial charge in [-0.25, -0.2) is 4.79 Å². The van der Waals surface area contributed by atoms with Crippen LogP contribution in [0.5, 0.6) is 0 Å². The van der Waals surface area contributed by atoms with E-state index >= 15 is 0 Å². The second kappa shape index (κ2) is 5.26. The highest BCUT2D eigenvalue weighted by atomic mass is 32.1. The standard InChI is InChI=1S/C15H16N2O2S/c16-14-13(15(18)19)11-6-7-17(9-12(11)20-14)8-10-4-2-1-3-5-10/h1-5H,6-9,16H2,(H,18,19). The predicted molar refractivity (Wildman–Crippen MR) is 80.0 cm³/mol. The van der Waals surface area contributed by atoms with E-state index in [1.165, 1.54) is 16.9 Å². The van der Waals surface area contributed by atoms with E-state index < -0.39 is 5.97 Å². The molecule has 0 unspecified atom stereocenters. The minimum atomic E-state index is -0.906. The molecule has 0 amide bonds. The Morgan fingerprint density at radius 3 is 2.80 bits per heavy atom. The Kier molecular flexibility index (Phi) is 3.46. The monoisotopic (exact) mass is 288 g/mol. The van der Waals surface area contributed by atoms with Crippen molar-refractivity contribution in [3.05, 3.63) is 51.9 Å². The van der Waals surface area contributed by atoms with Crippen molar-refractivity contribution in [2.24, 2.45) is 0 Å². The molecule has 0 atom stereocenters. The van der Waals surface area contributed by atoms with Crippen molar-refractivity contribution < 1.29 is 9.90 Å². The van der Waals surface area contributed by atoms with Gasteiger partial charge >= 0.3 is 5.97 Å². The summed E-state index contributed by atoms with van der Waals surface area (Å²) in [6.07, 6.45) is 0.761. The molecule has 4 nitrogen and oxygen atoms in total. The zero-order valence-electron chi connectivity index (χ0n) is 11.0. The van der Waals surface area contributed by atoms with Crippen LogP contribution in [0.1, 0.15) is 26.4 Å². The quantitative estimate of drug-likeness (QED) is 0.911. The molecule has 1 aromatic carbocycles. The summed E-state index contributed by atoms with van der Waals surface area (Å²) in [5.41, 5.74) is 8.37. The Labute approximate surface area is 121 Å². The van der Waals surface area contributed by atoms with Crippen LogP contribution >= 0.6 is 11.3 Å². The number of carbonyl (C=O) groups is 1. The van der Waals surface area contributed by atoms with Crippen LogP contribution in [0.2, 0.25) is 0 Å². The fourth-order valence-corrected chi connectivity index (χ4v) is 3.84. The summed E-state index contributed by atoms with van der Waals surface area (Å²) < 4.78 is 0. The van der Waals surface area contributed by atoms with Crippen molar-refractivity contribution >= 4 is 22.3 Å². The van der Waals surface area contributed by atoms with E-state index in [1.807, 2.05) is 18.2 Å². The maximum Gasteiger partial charge on any atom is 0.338 e. The highest BCUT2D eigenvalue weighted by molar-refractivity contribution is 7.16. The number of carboxylic acid groups (broad SMARTS) is 1. The molecule has 1 aromatic heterocycles. The van der Waals surface area contributed by atoms with Crippen molar-refractivity contribution in [2.75, 3.05) is 12.3 Å². The molecule has 1 aliphatic heterocycles. The molecule has 0 aliphatic carbocycles. The highest BCUT2D eigenvalue weighted by Crippen LogP contribution is 2.35. The number of thiophene rings is 1. The Hall–Kier alpha value is -1.85. The van der Waals surface area contributed by atoms with Crippen LogP contribution in [0.3, 0.4) is 0 Å². The first-order valence-corrected chi connectivity index (χ1v) is 7.36. The SMILES string of the molecule is Nc1sc2c(c1C(=O)O)CCN(Cc1ccccc1)C2. The molecule has 5 heteroatoms. The zero-order valence-corrected chi connectivity index (χ0v) is 11.8. The number of fused-ring (bicyclic) bond motifs is 1. The van der Waals surface area contributed by atoms with Crippen LogP contribution in [0.4, 0.5) is 5.00 Å². The van der Waals surface area contributed by atoms with Gasteiger partial charge in [0.25, 0.3) is 0 Å². The number of hydrogen-bond donors (Lipinski definition) is 2. The van der Waals surface area contributed by atoms with Crippen LogP contribution in [-0.2, 0) is 19.5 Å². The van der Waals surface area contributed by atoms with Gasteiger partial charge in [0.15, 0.2) is 0 Å². The lowest BCUT2D eigenvalue weighted by atomic mass is 10.0. The third-order valence-electron chi connectivity index (χ3n) is 3.63. The average molecular weight is 288 g/mol. The molecular formula is C15H16N2O2S. The van der Waals surface area contributed by atoms with Crippen molar-refractivity contribution in [1.29, 1.82) is 0 Å². The van der Waals surface area contributed by atoms with Gasteiger partial charge in [0.05, 0.1) is 5.56 Å². The van der Waals surface area contributed by atoms with Gasteiger partial charge in [0, 0.05) is 24.5 Å². The van der Waals surface area contributed by atoms with Crippen LogP contribution < -0.4 is 5.73 Å². The molecule has 0 radical (unpaired) electrons. The van der Waals surface area contributed by atoms with Crippen molar-refractivity contribution in [3.63, 3.8) is 0 Å². The molecular weight excluding hydrogens is 272 g/mol. The van der Waals surface area contributed by atoms with Crippen LogP contribution in [0.25, 0.3) is 0 Å². The molecule has 20 heavy (non-hydrogen) atoms. The molecule has 2 aromatic rings. The molecule has 0 fully saturated rings. The Morgan fingerprint density at radius 2 is 2.10 bits per heavy atom. The lowest BCUT2D eigenvalue weighted by molar-refractivity contribution is 0.0696. The number of carboxylic acids is 1. The van der Waals surface area contributed by atoms with Gasteiger partial charge in [-0.15, -0.1) is 11.3 Å². The van der Waals surface area contributed by atoms with Gasteiger partial charge in [-0.3, -0.25) is 4.90 Å². The van der Waals surface area contributed by atoms with E-state index in [0.29, 0.717) is 10.6 Å². The molecule has 3 N–H and O–H groups in total. The van der Waals surface area contributed by atoms with E-state index in [2.05, 4.69) is 17.0 Å². The van der Waals surface area contributed by atoms with Gasteiger partial charge < -0.3 is 10.8 Å². The van der Waals surface area contributed by atoms with Gasteiger partial charge in [-0.05, 0) is 17.5 Å². The first-order valence-electron chi connectivity index (χ1n) is 6.54. The maximum absolute atomic E-state index is 11.2.